The van der Waals surface area contributed by atoms with Crippen molar-refractivity contribution in [3.8, 4) is 0 Å². The molecule has 0 aliphatic rings. The molecule has 2 aromatic heterocycles. The topological polar surface area (TPSA) is 83.0 Å². The second-order valence-corrected chi connectivity index (χ2v) is 3.90. The predicted molar refractivity (Wildman–Crippen MR) is 66.1 cm³/mol. The maximum atomic E-state index is 11.2. The third-order valence-corrected chi connectivity index (χ3v) is 2.56. The molecule has 0 radical (unpaired) electrons. The number of hydrogen-bond donors (Lipinski definition) is 1. The molecule has 0 saturated carbocycles. The SMILES string of the molecule is COC(=O)c1ccc(Cn2nc(N)cc2C)nc1. The Bertz CT molecular complexity index is 560. The van der Waals surface area contributed by atoms with E-state index in [9.17, 15) is 4.79 Å². The fourth-order valence-corrected chi connectivity index (χ4v) is 1.61. The lowest BCUT2D eigenvalue weighted by molar-refractivity contribution is 0.0600. The Kier molecular flexibility index (Phi) is 3.27. The van der Waals surface area contributed by atoms with Gasteiger partial charge in [-0.2, -0.15) is 5.10 Å². The quantitative estimate of drug-likeness (QED) is 0.817. The number of aryl methyl sites for hydroxylation is 1. The number of pyridine rings is 1. The van der Waals surface area contributed by atoms with Crippen LogP contribution in [0.2, 0.25) is 0 Å². The van der Waals surface area contributed by atoms with Crippen molar-refractivity contribution in [1.29, 1.82) is 0 Å². The Labute approximate surface area is 104 Å². The van der Waals surface area contributed by atoms with Gasteiger partial charge in [-0.1, -0.05) is 0 Å². The summed E-state index contributed by atoms with van der Waals surface area (Å²) in [6.45, 7) is 2.44. The third kappa shape index (κ3) is 2.48. The summed E-state index contributed by atoms with van der Waals surface area (Å²) in [4.78, 5) is 15.4. The number of aromatic nitrogens is 3. The van der Waals surface area contributed by atoms with Crippen LogP contribution in [0.15, 0.2) is 24.4 Å². The van der Waals surface area contributed by atoms with Gasteiger partial charge in [0.25, 0.3) is 0 Å². The molecule has 0 amide bonds. The first-order valence-electron chi connectivity index (χ1n) is 5.43. The second-order valence-electron chi connectivity index (χ2n) is 3.90. The zero-order chi connectivity index (χ0) is 13.1. The van der Waals surface area contributed by atoms with E-state index in [4.69, 9.17) is 5.73 Å². The molecule has 0 aromatic carbocycles. The normalized spacial score (nSPS) is 10.3. The number of carbonyl (C=O) groups excluding carboxylic acids is 1. The Morgan fingerprint density at radius 2 is 2.28 bits per heavy atom. The summed E-state index contributed by atoms with van der Waals surface area (Å²) < 4.78 is 6.36. The molecular weight excluding hydrogens is 232 g/mol. The van der Waals surface area contributed by atoms with Crippen LogP contribution in [0.25, 0.3) is 0 Å². The van der Waals surface area contributed by atoms with E-state index in [2.05, 4.69) is 14.8 Å². The number of hydrogen-bond acceptors (Lipinski definition) is 5. The van der Waals surface area contributed by atoms with Gasteiger partial charge >= 0.3 is 5.97 Å². The van der Waals surface area contributed by atoms with Crippen LogP contribution in [0.1, 0.15) is 21.7 Å². The standard InChI is InChI=1S/C12H14N4O2/c1-8-5-11(13)15-16(8)7-10-4-3-9(6-14-10)12(17)18-2/h3-6H,7H2,1-2H3,(H2,13,15). The van der Waals surface area contributed by atoms with E-state index in [0.717, 1.165) is 11.4 Å². The Morgan fingerprint density at radius 3 is 2.78 bits per heavy atom. The second kappa shape index (κ2) is 4.87. The number of rotatable bonds is 3. The first-order valence-corrected chi connectivity index (χ1v) is 5.43. The number of methoxy groups -OCH3 is 1. The van der Waals surface area contributed by atoms with Crippen molar-refractivity contribution in [3.63, 3.8) is 0 Å². The summed E-state index contributed by atoms with van der Waals surface area (Å²) in [7, 11) is 1.34. The third-order valence-electron chi connectivity index (χ3n) is 2.56. The minimum Gasteiger partial charge on any atom is -0.465 e. The van der Waals surface area contributed by atoms with Crippen LogP contribution in [0.5, 0.6) is 0 Å². The lowest BCUT2D eigenvalue weighted by Crippen LogP contribution is -2.07. The lowest BCUT2D eigenvalue weighted by Gasteiger charge is -2.04. The summed E-state index contributed by atoms with van der Waals surface area (Å²) in [5.41, 5.74) is 7.79. The number of esters is 1. The molecule has 6 nitrogen and oxygen atoms in total. The molecule has 0 bridgehead atoms. The molecule has 18 heavy (non-hydrogen) atoms. The monoisotopic (exact) mass is 246 g/mol. The fourth-order valence-electron chi connectivity index (χ4n) is 1.61. The number of ether oxygens (including phenoxy) is 1. The Hall–Kier alpha value is -2.37. The van der Waals surface area contributed by atoms with E-state index in [1.54, 1.807) is 22.9 Å². The van der Waals surface area contributed by atoms with Gasteiger partial charge in [-0.15, -0.1) is 0 Å². The molecule has 94 valence electrons. The molecule has 0 saturated heterocycles. The van der Waals surface area contributed by atoms with Crippen molar-refractivity contribution in [3.05, 3.63) is 41.3 Å². The van der Waals surface area contributed by atoms with Gasteiger partial charge in [0.1, 0.15) is 5.82 Å². The molecule has 2 rings (SSSR count). The molecular formula is C12H14N4O2. The van der Waals surface area contributed by atoms with Crippen LogP contribution in [0.3, 0.4) is 0 Å². The van der Waals surface area contributed by atoms with Crippen molar-refractivity contribution in [2.45, 2.75) is 13.5 Å². The molecule has 0 aliphatic carbocycles. The van der Waals surface area contributed by atoms with Crippen LogP contribution >= 0.6 is 0 Å². The van der Waals surface area contributed by atoms with E-state index < -0.39 is 5.97 Å². The molecule has 2 aromatic rings. The zero-order valence-corrected chi connectivity index (χ0v) is 10.3. The van der Waals surface area contributed by atoms with Gasteiger partial charge in [0.15, 0.2) is 0 Å². The smallest absolute Gasteiger partial charge is 0.339 e. The Balaban J connectivity index is 2.16. The predicted octanol–water partition coefficient (Wildman–Crippen LogP) is 1.00. The minimum atomic E-state index is -0.395. The van der Waals surface area contributed by atoms with Crippen molar-refractivity contribution < 1.29 is 9.53 Å². The van der Waals surface area contributed by atoms with Gasteiger partial charge in [0.05, 0.1) is 24.9 Å². The minimum absolute atomic E-state index is 0.395. The van der Waals surface area contributed by atoms with E-state index in [1.807, 2.05) is 6.92 Å². The molecule has 0 fully saturated rings. The van der Waals surface area contributed by atoms with Crippen LogP contribution in [-0.2, 0) is 11.3 Å². The highest BCUT2D eigenvalue weighted by atomic mass is 16.5. The van der Waals surface area contributed by atoms with Gasteiger partial charge in [0.2, 0.25) is 0 Å². The number of carbonyl (C=O) groups is 1. The van der Waals surface area contributed by atoms with Crippen LogP contribution in [0, 0.1) is 6.92 Å². The van der Waals surface area contributed by atoms with Gasteiger partial charge < -0.3 is 10.5 Å². The average Bonchev–Trinajstić information content (AvgIpc) is 2.68. The van der Waals surface area contributed by atoms with Crippen molar-refractivity contribution >= 4 is 11.8 Å². The highest BCUT2D eigenvalue weighted by Crippen LogP contribution is 2.08. The average molecular weight is 246 g/mol. The van der Waals surface area contributed by atoms with E-state index in [0.29, 0.717) is 17.9 Å². The van der Waals surface area contributed by atoms with E-state index >= 15 is 0 Å². The number of nitrogen functional groups attached to an aromatic ring is 1. The summed E-state index contributed by atoms with van der Waals surface area (Å²) in [6, 6.07) is 5.24. The van der Waals surface area contributed by atoms with Gasteiger partial charge in [-0.05, 0) is 19.1 Å². The summed E-state index contributed by atoms with van der Waals surface area (Å²) in [5.74, 6) is 0.0900. The van der Waals surface area contributed by atoms with Crippen LogP contribution in [0.4, 0.5) is 5.82 Å². The van der Waals surface area contributed by atoms with Crippen molar-refractivity contribution in [2.75, 3.05) is 12.8 Å². The lowest BCUT2D eigenvalue weighted by atomic mass is 10.2. The summed E-state index contributed by atoms with van der Waals surface area (Å²) in [6.07, 6.45) is 1.49. The summed E-state index contributed by atoms with van der Waals surface area (Å²) >= 11 is 0. The Morgan fingerprint density at radius 1 is 1.50 bits per heavy atom. The van der Waals surface area contributed by atoms with E-state index in [1.165, 1.54) is 13.3 Å². The largest absolute Gasteiger partial charge is 0.465 e. The van der Waals surface area contributed by atoms with Crippen LogP contribution < -0.4 is 5.73 Å². The van der Waals surface area contributed by atoms with Crippen molar-refractivity contribution in [2.24, 2.45) is 0 Å². The molecule has 0 atom stereocenters. The van der Waals surface area contributed by atoms with Gasteiger partial charge in [-0.25, -0.2) is 4.79 Å². The first-order chi connectivity index (χ1) is 8.60. The number of nitrogens with zero attached hydrogens (tertiary/aromatic N) is 3. The first kappa shape index (κ1) is 12.1. The molecule has 2 heterocycles. The highest BCUT2D eigenvalue weighted by molar-refractivity contribution is 5.88. The van der Waals surface area contributed by atoms with Crippen molar-refractivity contribution in [1.82, 2.24) is 14.8 Å². The molecule has 6 heteroatoms. The highest BCUT2D eigenvalue weighted by Gasteiger charge is 2.07. The molecule has 0 spiro atoms. The van der Waals surface area contributed by atoms with Gasteiger partial charge in [0, 0.05) is 18.0 Å². The van der Waals surface area contributed by atoms with E-state index in [-0.39, 0.29) is 0 Å². The molecule has 2 N–H and O–H groups in total. The number of anilines is 1. The number of nitrogens with two attached hydrogens (primary N) is 1. The fraction of sp³-hybridized carbons (Fsp3) is 0.250. The molecule has 0 unspecified atom stereocenters. The summed E-state index contributed by atoms with van der Waals surface area (Å²) in [5, 5.41) is 4.14. The zero-order valence-electron chi connectivity index (χ0n) is 10.3. The maximum Gasteiger partial charge on any atom is 0.339 e. The maximum absolute atomic E-state index is 11.2. The van der Waals surface area contributed by atoms with Crippen LogP contribution in [-0.4, -0.2) is 27.8 Å². The molecule has 0 aliphatic heterocycles. The van der Waals surface area contributed by atoms with Gasteiger partial charge in [-0.3, -0.25) is 9.67 Å².